The van der Waals surface area contributed by atoms with Gasteiger partial charge in [-0.3, -0.25) is 0 Å². The molecule has 1 aliphatic rings. The minimum absolute atomic E-state index is 0.185. The lowest BCUT2D eigenvalue weighted by atomic mass is 10.1. The molecule has 3 rings (SSSR count). The number of amides is 2. The number of ether oxygens (including phenoxy) is 2. The van der Waals surface area contributed by atoms with Crippen LogP contribution >= 0.6 is 23.2 Å². The highest BCUT2D eigenvalue weighted by Gasteiger charge is 2.18. The maximum atomic E-state index is 12.3. The summed E-state index contributed by atoms with van der Waals surface area (Å²) in [6, 6.07) is 10.2. The molecule has 132 valence electrons. The van der Waals surface area contributed by atoms with Crippen molar-refractivity contribution < 1.29 is 14.3 Å². The fraction of sp³-hybridized carbons (Fsp3) is 0.278. The second kappa shape index (κ2) is 7.42. The molecule has 0 spiro atoms. The average molecular weight is 381 g/mol. The predicted octanol–water partition coefficient (Wildman–Crippen LogP) is 4.84. The van der Waals surface area contributed by atoms with Crippen molar-refractivity contribution in [3.05, 3.63) is 57.6 Å². The summed E-state index contributed by atoms with van der Waals surface area (Å²) >= 11 is 11.9. The normalized spacial score (nSPS) is 14.7. The zero-order valence-electron chi connectivity index (χ0n) is 13.8. The van der Waals surface area contributed by atoms with Crippen molar-refractivity contribution in [2.75, 3.05) is 6.79 Å². The Bertz CT molecular complexity index is 798. The molecule has 7 heteroatoms. The van der Waals surface area contributed by atoms with E-state index in [4.69, 9.17) is 32.7 Å². The number of hydrogen-bond donors (Lipinski definition) is 2. The number of halogens is 2. The molecule has 0 saturated heterocycles. The molecule has 2 aromatic rings. The van der Waals surface area contributed by atoms with Crippen LogP contribution in [0.15, 0.2) is 36.4 Å². The van der Waals surface area contributed by atoms with Crippen LogP contribution in [-0.2, 0) is 0 Å². The number of fused-ring (bicyclic) bond motifs is 1. The van der Waals surface area contributed by atoms with Gasteiger partial charge in [-0.1, -0.05) is 35.3 Å². The van der Waals surface area contributed by atoms with Gasteiger partial charge in [-0.15, -0.1) is 0 Å². The molecule has 1 aliphatic heterocycles. The maximum absolute atomic E-state index is 12.3. The number of hydrogen-bond acceptors (Lipinski definition) is 3. The molecule has 2 aromatic carbocycles. The Labute approximate surface area is 156 Å². The molecule has 0 bridgehead atoms. The number of rotatable bonds is 4. The van der Waals surface area contributed by atoms with Gasteiger partial charge in [0.15, 0.2) is 11.5 Å². The average Bonchev–Trinajstić information content (AvgIpc) is 3.04. The lowest BCUT2D eigenvalue weighted by molar-refractivity contribution is 0.174. The Kier molecular flexibility index (Phi) is 5.25. The number of carbonyl (C=O) groups is 1. The van der Waals surface area contributed by atoms with Crippen LogP contribution in [0, 0.1) is 0 Å². The van der Waals surface area contributed by atoms with Crippen LogP contribution in [0.1, 0.15) is 37.1 Å². The predicted molar refractivity (Wildman–Crippen MR) is 97.5 cm³/mol. The molecular weight excluding hydrogens is 363 g/mol. The van der Waals surface area contributed by atoms with E-state index in [0.29, 0.717) is 21.5 Å². The van der Waals surface area contributed by atoms with Crippen molar-refractivity contribution in [2.24, 2.45) is 0 Å². The quantitative estimate of drug-likeness (QED) is 0.797. The first-order valence-corrected chi connectivity index (χ1v) is 8.61. The third-order valence-corrected chi connectivity index (χ3v) is 4.77. The van der Waals surface area contributed by atoms with E-state index < -0.39 is 0 Å². The van der Waals surface area contributed by atoms with Gasteiger partial charge < -0.3 is 20.1 Å². The summed E-state index contributed by atoms with van der Waals surface area (Å²) in [5, 5.41) is 6.74. The van der Waals surface area contributed by atoms with Crippen LogP contribution in [0.5, 0.6) is 11.5 Å². The van der Waals surface area contributed by atoms with Crippen molar-refractivity contribution >= 4 is 29.2 Å². The third kappa shape index (κ3) is 4.11. The van der Waals surface area contributed by atoms with E-state index in [1.54, 1.807) is 12.1 Å². The number of benzene rings is 2. The molecule has 25 heavy (non-hydrogen) atoms. The van der Waals surface area contributed by atoms with E-state index >= 15 is 0 Å². The summed E-state index contributed by atoms with van der Waals surface area (Å²) in [6.45, 7) is 4.01. The van der Waals surface area contributed by atoms with E-state index in [1.165, 1.54) is 0 Å². The number of carbonyl (C=O) groups excluding carboxylic acids is 1. The number of urea groups is 1. The fourth-order valence-electron chi connectivity index (χ4n) is 2.57. The molecule has 0 aromatic heterocycles. The molecule has 2 unspecified atom stereocenters. The van der Waals surface area contributed by atoms with Gasteiger partial charge in [-0.2, -0.15) is 0 Å². The van der Waals surface area contributed by atoms with Crippen LogP contribution in [-0.4, -0.2) is 12.8 Å². The van der Waals surface area contributed by atoms with Crippen molar-refractivity contribution in [3.63, 3.8) is 0 Å². The van der Waals surface area contributed by atoms with Crippen LogP contribution in [0.2, 0.25) is 10.0 Å². The standard InChI is InChI=1S/C18H18Cl2N2O3/c1-10(12-3-5-14(19)15(20)7-12)21-18(23)22-11(2)13-4-6-16-17(8-13)25-9-24-16/h3-8,10-11H,9H2,1-2H3,(H2,21,22,23). The Morgan fingerprint density at radius 2 is 1.52 bits per heavy atom. The van der Waals surface area contributed by atoms with Gasteiger partial charge in [0.25, 0.3) is 0 Å². The monoisotopic (exact) mass is 380 g/mol. The summed E-state index contributed by atoms with van der Waals surface area (Å²) in [6.07, 6.45) is 0. The molecule has 2 N–H and O–H groups in total. The first-order valence-electron chi connectivity index (χ1n) is 7.85. The molecule has 2 atom stereocenters. The van der Waals surface area contributed by atoms with Crippen molar-refractivity contribution in [1.82, 2.24) is 10.6 Å². The van der Waals surface area contributed by atoms with Gasteiger partial charge in [0, 0.05) is 0 Å². The highest BCUT2D eigenvalue weighted by atomic mass is 35.5. The van der Waals surface area contributed by atoms with Crippen molar-refractivity contribution in [3.8, 4) is 11.5 Å². The van der Waals surface area contributed by atoms with Crippen LogP contribution in [0.3, 0.4) is 0 Å². The second-order valence-electron chi connectivity index (χ2n) is 5.85. The van der Waals surface area contributed by atoms with Crippen LogP contribution in [0.25, 0.3) is 0 Å². The molecular formula is C18H18Cl2N2O3. The maximum Gasteiger partial charge on any atom is 0.315 e. The SMILES string of the molecule is CC(NC(=O)NC(C)c1ccc2c(c1)OCO2)c1ccc(Cl)c(Cl)c1. The van der Waals surface area contributed by atoms with Gasteiger partial charge in [-0.05, 0) is 49.2 Å². The van der Waals surface area contributed by atoms with Crippen molar-refractivity contribution in [1.29, 1.82) is 0 Å². The molecule has 0 aliphatic carbocycles. The molecule has 5 nitrogen and oxygen atoms in total. The first-order chi connectivity index (χ1) is 11.9. The third-order valence-electron chi connectivity index (χ3n) is 4.04. The lowest BCUT2D eigenvalue weighted by Crippen LogP contribution is -2.38. The highest BCUT2D eigenvalue weighted by Crippen LogP contribution is 2.34. The van der Waals surface area contributed by atoms with Gasteiger partial charge >= 0.3 is 6.03 Å². The molecule has 0 fully saturated rings. The van der Waals surface area contributed by atoms with Crippen LogP contribution in [0.4, 0.5) is 4.79 Å². The van der Waals surface area contributed by atoms with E-state index in [-0.39, 0.29) is 24.9 Å². The summed E-state index contributed by atoms with van der Waals surface area (Å²) in [7, 11) is 0. The highest BCUT2D eigenvalue weighted by molar-refractivity contribution is 6.42. The molecule has 1 heterocycles. The lowest BCUT2D eigenvalue weighted by Gasteiger charge is -2.19. The molecule has 0 saturated carbocycles. The Morgan fingerprint density at radius 3 is 2.20 bits per heavy atom. The smallest absolute Gasteiger partial charge is 0.315 e. The van der Waals surface area contributed by atoms with Crippen LogP contribution < -0.4 is 20.1 Å². The molecule has 2 amide bonds. The summed E-state index contributed by atoms with van der Waals surface area (Å²) in [5.41, 5.74) is 1.81. The van der Waals surface area contributed by atoms with Gasteiger partial charge in [-0.25, -0.2) is 4.79 Å². The minimum Gasteiger partial charge on any atom is -0.454 e. The summed E-state index contributed by atoms with van der Waals surface area (Å²) < 4.78 is 10.7. The zero-order chi connectivity index (χ0) is 18.0. The van der Waals surface area contributed by atoms with E-state index in [1.807, 2.05) is 38.1 Å². The van der Waals surface area contributed by atoms with Crippen molar-refractivity contribution in [2.45, 2.75) is 25.9 Å². The Hall–Kier alpha value is -2.11. The largest absolute Gasteiger partial charge is 0.454 e. The summed E-state index contributed by atoms with van der Waals surface area (Å²) in [4.78, 5) is 12.3. The van der Waals surface area contributed by atoms with Gasteiger partial charge in [0.2, 0.25) is 6.79 Å². The number of nitrogens with one attached hydrogen (secondary N) is 2. The molecule has 0 radical (unpaired) electrons. The minimum atomic E-state index is -0.274. The van der Waals surface area contributed by atoms with E-state index in [9.17, 15) is 4.79 Å². The van der Waals surface area contributed by atoms with E-state index in [0.717, 1.165) is 11.1 Å². The topological polar surface area (TPSA) is 59.6 Å². The summed E-state index contributed by atoms with van der Waals surface area (Å²) in [5.74, 6) is 1.41. The second-order valence-corrected chi connectivity index (χ2v) is 6.66. The van der Waals surface area contributed by atoms with Gasteiger partial charge in [0.05, 0.1) is 22.1 Å². The Morgan fingerprint density at radius 1 is 0.920 bits per heavy atom. The zero-order valence-corrected chi connectivity index (χ0v) is 15.3. The Balaban J connectivity index is 1.60. The first kappa shape index (κ1) is 17.7. The van der Waals surface area contributed by atoms with E-state index in [2.05, 4.69) is 10.6 Å². The van der Waals surface area contributed by atoms with Gasteiger partial charge in [0.1, 0.15) is 0 Å². The fourth-order valence-corrected chi connectivity index (χ4v) is 2.87.